The number of thiophene rings is 1. The molecule has 0 radical (unpaired) electrons. The number of hydrogen-bond acceptors (Lipinski definition) is 7. The van der Waals surface area contributed by atoms with E-state index in [1.165, 1.54) is 7.11 Å². The number of anilines is 2. The van der Waals surface area contributed by atoms with E-state index in [9.17, 15) is 13.2 Å². The summed E-state index contributed by atoms with van der Waals surface area (Å²) in [5.74, 6) is -0.610. The highest BCUT2D eigenvalue weighted by Gasteiger charge is 2.29. The van der Waals surface area contributed by atoms with E-state index >= 15 is 0 Å². The summed E-state index contributed by atoms with van der Waals surface area (Å²) in [5.41, 5.74) is 5.89. The zero-order valence-electron chi connectivity index (χ0n) is 12.8. The molecule has 0 aromatic carbocycles. The van der Waals surface area contributed by atoms with Gasteiger partial charge in [0, 0.05) is 19.3 Å². The predicted molar refractivity (Wildman–Crippen MR) is 86.0 cm³/mol. The van der Waals surface area contributed by atoms with Crippen molar-refractivity contribution in [1.82, 2.24) is 0 Å². The van der Waals surface area contributed by atoms with Crippen molar-refractivity contribution in [1.29, 1.82) is 0 Å². The number of carbonyl (C=O) groups excluding carboxylic acids is 1. The normalized spacial score (nSPS) is 11.4. The molecule has 1 aromatic rings. The number of nitrogens with two attached hydrogens (primary N) is 1. The molecule has 0 unspecified atom stereocenters. The fraction of sp³-hybridized carbons (Fsp3) is 0.615. The van der Waals surface area contributed by atoms with Gasteiger partial charge in [-0.2, -0.15) is 0 Å². The van der Waals surface area contributed by atoms with Crippen molar-refractivity contribution in [3.8, 4) is 0 Å². The van der Waals surface area contributed by atoms with Crippen LogP contribution in [0.15, 0.2) is 4.90 Å². The molecule has 8 heteroatoms. The number of sulfone groups is 1. The standard InChI is InChI=1S/C13H22N2O4S2/c1-5-7-15(8-6-2)12-11(21(4,17)18)9(14)10(20-12)13(16)19-3/h5-8,14H2,1-4H3. The van der Waals surface area contributed by atoms with Gasteiger partial charge in [-0.25, -0.2) is 13.2 Å². The Kier molecular flexibility index (Phi) is 6.03. The van der Waals surface area contributed by atoms with Crippen LogP contribution in [0, 0.1) is 0 Å². The number of nitrogen functional groups attached to an aromatic ring is 1. The summed E-state index contributed by atoms with van der Waals surface area (Å²) in [7, 11) is -2.28. The zero-order valence-corrected chi connectivity index (χ0v) is 14.4. The lowest BCUT2D eigenvalue weighted by Gasteiger charge is -2.23. The highest BCUT2D eigenvalue weighted by Crippen LogP contribution is 2.42. The van der Waals surface area contributed by atoms with Gasteiger partial charge in [-0.3, -0.25) is 0 Å². The minimum absolute atomic E-state index is 0.0124. The number of carbonyl (C=O) groups is 1. The number of methoxy groups -OCH3 is 1. The Morgan fingerprint density at radius 3 is 2.19 bits per heavy atom. The molecule has 0 atom stereocenters. The van der Waals surface area contributed by atoms with Crippen LogP contribution < -0.4 is 10.6 Å². The molecule has 0 fully saturated rings. The monoisotopic (exact) mass is 334 g/mol. The maximum Gasteiger partial charge on any atom is 0.350 e. The molecule has 1 aromatic heterocycles. The summed E-state index contributed by atoms with van der Waals surface area (Å²) in [6.45, 7) is 5.44. The molecule has 0 aliphatic rings. The smallest absolute Gasteiger partial charge is 0.350 e. The van der Waals surface area contributed by atoms with Gasteiger partial charge in [-0.1, -0.05) is 13.8 Å². The van der Waals surface area contributed by atoms with E-state index in [4.69, 9.17) is 5.73 Å². The Balaban J connectivity index is 3.51. The Morgan fingerprint density at radius 1 is 1.29 bits per heavy atom. The van der Waals surface area contributed by atoms with Crippen LogP contribution in [0.25, 0.3) is 0 Å². The van der Waals surface area contributed by atoms with Crippen LogP contribution in [0.3, 0.4) is 0 Å². The largest absolute Gasteiger partial charge is 0.465 e. The fourth-order valence-electron chi connectivity index (χ4n) is 2.08. The van der Waals surface area contributed by atoms with Gasteiger partial charge >= 0.3 is 5.97 Å². The second-order valence-corrected chi connectivity index (χ2v) is 7.68. The van der Waals surface area contributed by atoms with Crippen molar-refractivity contribution in [2.45, 2.75) is 31.6 Å². The number of rotatable bonds is 7. The molecule has 120 valence electrons. The first-order chi connectivity index (χ1) is 9.77. The molecule has 0 aliphatic heterocycles. The number of hydrogen-bond donors (Lipinski definition) is 1. The van der Waals surface area contributed by atoms with Crippen LogP contribution in [-0.4, -0.2) is 40.8 Å². The third-order valence-electron chi connectivity index (χ3n) is 2.90. The van der Waals surface area contributed by atoms with E-state index in [0.717, 1.165) is 30.4 Å². The van der Waals surface area contributed by atoms with Gasteiger partial charge in [0.15, 0.2) is 9.84 Å². The second kappa shape index (κ2) is 7.13. The third kappa shape index (κ3) is 3.88. The predicted octanol–water partition coefficient (Wildman–Crippen LogP) is 2.15. The van der Waals surface area contributed by atoms with Gasteiger partial charge in [0.1, 0.15) is 14.8 Å². The summed E-state index contributed by atoms with van der Waals surface area (Å²) in [6.07, 6.45) is 2.84. The molecule has 1 heterocycles. The van der Waals surface area contributed by atoms with Crippen LogP contribution >= 0.6 is 11.3 Å². The number of esters is 1. The summed E-state index contributed by atoms with van der Waals surface area (Å²) in [5, 5.41) is 0.527. The molecule has 2 N–H and O–H groups in total. The average molecular weight is 334 g/mol. The molecule has 6 nitrogen and oxygen atoms in total. The first-order valence-electron chi connectivity index (χ1n) is 6.73. The molecular weight excluding hydrogens is 312 g/mol. The molecular formula is C13H22N2O4S2. The van der Waals surface area contributed by atoms with Crippen molar-refractivity contribution >= 4 is 37.8 Å². The van der Waals surface area contributed by atoms with Crippen molar-refractivity contribution in [2.24, 2.45) is 0 Å². The summed E-state index contributed by atoms with van der Waals surface area (Å²) in [4.78, 5) is 13.9. The number of ether oxygens (including phenoxy) is 1. The highest BCUT2D eigenvalue weighted by molar-refractivity contribution is 7.91. The quantitative estimate of drug-likeness (QED) is 0.768. The lowest BCUT2D eigenvalue weighted by molar-refractivity contribution is 0.0607. The van der Waals surface area contributed by atoms with E-state index in [1.54, 1.807) is 0 Å². The lowest BCUT2D eigenvalue weighted by Crippen LogP contribution is -2.25. The molecule has 0 bridgehead atoms. The van der Waals surface area contributed by atoms with E-state index < -0.39 is 15.8 Å². The van der Waals surface area contributed by atoms with Gasteiger partial charge in [0.25, 0.3) is 0 Å². The fourth-order valence-corrected chi connectivity index (χ4v) is 4.76. The van der Waals surface area contributed by atoms with Crippen LogP contribution in [0.5, 0.6) is 0 Å². The molecule has 21 heavy (non-hydrogen) atoms. The minimum atomic E-state index is -3.53. The van der Waals surface area contributed by atoms with Crippen LogP contribution in [0.4, 0.5) is 10.7 Å². The van der Waals surface area contributed by atoms with E-state index in [0.29, 0.717) is 18.1 Å². The van der Waals surface area contributed by atoms with E-state index in [-0.39, 0.29) is 15.5 Å². The minimum Gasteiger partial charge on any atom is -0.465 e. The molecule has 0 spiro atoms. The van der Waals surface area contributed by atoms with Gasteiger partial charge in [0.2, 0.25) is 0 Å². The van der Waals surface area contributed by atoms with Crippen molar-refractivity contribution in [3.05, 3.63) is 4.88 Å². The van der Waals surface area contributed by atoms with Crippen molar-refractivity contribution in [3.63, 3.8) is 0 Å². The maximum absolute atomic E-state index is 12.1. The first-order valence-corrected chi connectivity index (χ1v) is 9.44. The molecule has 0 aliphatic carbocycles. The summed E-state index contributed by atoms with van der Waals surface area (Å²) in [6, 6.07) is 0. The Bertz CT molecular complexity index is 602. The van der Waals surface area contributed by atoms with Gasteiger partial charge < -0.3 is 15.4 Å². The average Bonchev–Trinajstić information content (AvgIpc) is 2.75. The third-order valence-corrected chi connectivity index (χ3v) is 5.43. The second-order valence-electron chi connectivity index (χ2n) is 4.73. The van der Waals surface area contributed by atoms with Crippen molar-refractivity contribution in [2.75, 3.05) is 37.1 Å². The zero-order chi connectivity index (χ0) is 16.2. The molecule has 0 saturated heterocycles. The Hall–Kier alpha value is -1.28. The van der Waals surface area contributed by atoms with Gasteiger partial charge in [0.05, 0.1) is 12.8 Å². The topological polar surface area (TPSA) is 89.7 Å². The maximum atomic E-state index is 12.1. The van der Waals surface area contributed by atoms with Gasteiger partial charge in [-0.05, 0) is 12.8 Å². The SMILES string of the molecule is CCCN(CCC)c1sc(C(=O)OC)c(N)c1S(C)(=O)=O. The van der Waals surface area contributed by atoms with Crippen LogP contribution in [0.2, 0.25) is 0 Å². The Morgan fingerprint density at radius 2 is 1.81 bits per heavy atom. The summed E-state index contributed by atoms with van der Waals surface area (Å²) < 4.78 is 28.8. The molecule has 1 rings (SSSR count). The number of nitrogens with zero attached hydrogens (tertiary/aromatic N) is 1. The molecule has 0 saturated carbocycles. The summed E-state index contributed by atoms with van der Waals surface area (Å²) >= 11 is 1.08. The van der Waals surface area contributed by atoms with Crippen LogP contribution in [0.1, 0.15) is 36.4 Å². The first kappa shape index (κ1) is 17.8. The molecule has 0 amide bonds. The van der Waals surface area contributed by atoms with E-state index in [2.05, 4.69) is 4.74 Å². The van der Waals surface area contributed by atoms with Crippen molar-refractivity contribution < 1.29 is 17.9 Å². The lowest BCUT2D eigenvalue weighted by atomic mass is 10.3. The van der Waals surface area contributed by atoms with Crippen LogP contribution in [-0.2, 0) is 14.6 Å². The van der Waals surface area contributed by atoms with E-state index in [1.807, 2.05) is 18.7 Å². The van der Waals surface area contributed by atoms with Gasteiger partial charge in [-0.15, -0.1) is 11.3 Å². The highest BCUT2D eigenvalue weighted by atomic mass is 32.2. The Labute approximate surface area is 129 Å².